The fraction of sp³-hybridized carbons (Fsp3) is 0.481. The van der Waals surface area contributed by atoms with Gasteiger partial charge >= 0.3 is 6.03 Å². The first-order valence-electron chi connectivity index (χ1n) is 12.5. The molecule has 0 radical (unpaired) electrons. The van der Waals surface area contributed by atoms with Crippen LogP contribution in [0, 0.1) is 12.8 Å². The van der Waals surface area contributed by atoms with E-state index in [1.807, 2.05) is 48.2 Å². The number of carbonyl (C=O) groups is 3. The van der Waals surface area contributed by atoms with Gasteiger partial charge in [-0.3, -0.25) is 19.5 Å². The number of imide groups is 1. The van der Waals surface area contributed by atoms with Crippen LogP contribution in [0.15, 0.2) is 48.7 Å². The molecule has 0 bridgehead atoms. The Morgan fingerprint density at radius 3 is 2.57 bits per heavy atom. The summed E-state index contributed by atoms with van der Waals surface area (Å²) in [5, 5.41) is 3.03. The number of benzene rings is 1. The molecular formula is C27H32N4O4. The number of hydrogen-bond acceptors (Lipinski definition) is 5. The lowest BCUT2D eigenvalue weighted by Gasteiger charge is -2.40. The minimum Gasteiger partial charge on any atom is -0.376 e. The molecule has 0 saturated carbocycles. The van der Waals surface area contributed by atoms with Gasteiger partial charge in [0, 0.05) is 31.8 Å². The molecule has 4 amide bonds. The molecule has 184 valence electrons. The highest BCUT2D eigenvalue weighted by molar-refractivity contribution is 6.07. The van der Waals surface area contributed by atoms with Crippen LogP contribution in [0.4, 0.5) is 4.79 Å². The van der Waals surface area contributed by atoms with Crippen LogP contribution < -0.4 is 5.32 Å². The maximum Gasteiger partial charge on any atom is 0.325 e. The molecule has 3 saturated heterocycles. The second-order valence-electron chi connectivity index (χ2n) is 9.76. The summed E-state index contributed by atoms with van der Waals surface area (Å²) >= 11 is 0. The summed E-state index contributed by atoms with van der Waals surface area (Å²) in [6.45, 7) is 4.02. The molecular weight excluding hydrogens is 444 g/mol. The minimum absolute atomic E-state index is 0.0893. The highest BCUT2D eigenvalue weighted by atomic mass is 16.5. The van der Waals surface area contributed by atoms with Crippen molar-refractivity contribution in [2.45, 2.75) is 50.7 Å². The van der Waals surface area contributed by atoms with Gasteiger partial charge in [-0.1, -0.05) is 30.3 Å². The lowest BCUT2D eigenvalue weighted by molar-refractivity contribution is -0.137. The molecule has 4 heterocycles. The molecule has 1 N–H and O–H groups in total. The zero-order valence-electron chi connectivity index (χ0n) is 20.1. The topological polar surface area (TPSA) is 91.8 Å². The number of aromatic nitrogens is 1. The van der Waals surface area contributed by atoms with Gasteiger partial charge in [0.1, 0.15) is 0 Å². The van der Waals surface area contributed by atoms with Crippen LogP contribution >= 0.6 is 0 Å². The van der Waals surface area contributed by atoms with E-state index in [0.717, 1.165) is 24.0 Å². The van der Waals surface area contributed by atoms with Crippen LogP contribution in [-0.4, -0.2) is 65.0 Å². The molecule has 2 aromatic rings. The molecule has 5 rings (SSSR count). The van der Waals surface area contributed by atoms with E-state index >= 15 is 0 Å². The van der Waals surface area contributed by atoms with Crippen molar-refractivity contribution in [3.05, 3.63) is 65.5 Å². The Hall–Kier alpha value is -3.26. The molecule has 0 aliphatic carbocycles. The van der Waals surface area contributed by atoms with E-state index in [1.165, 1.54) is 4.90 Å². The number of ether oxygens (including phenoxy) is 1. The first kappa shape index (κ1) is 23.5. The van der Waals surface area contributed by atoms with E-state index in [4.69, 9.17) is 4.74 Å². The largest absolute Gasteiger partial charge is 0.376 e. The summed E-state index contributed by atoms with van der Waals surface area (Å²) in [7, 11) is 0. The third kappa shape index (κ3) is 4.43. The van der Waals surface area contributed by atoms with Crippen LogP contribution in [-0.2, 0) is 26.3 Å². The fourth-order valence-corrected chi connectivity index (χ4v) is 5.65. The summed E-state index contributed by atoms with van der Waals surface area (Å²) in [6, 6.07) is 13.0. The molecule has 3 aliphatic rings. The molecule has 3 fully saturated rings. The number of nitrogens with one attached hydrogen (secondary N) is 1. The number of rotatable bonds is 6. The summed E-state index contributed by atoms with van der Waals surface area (Å²) in [5.74, 6) is -0.335. The van der Waals surface area contributed by atoms with Crippen LogP contribution in [0.2, 0.25) is 0 Å². The molecule has 8 heteroatoms. The van der Waals surface area contributed by atoms with Gasteiger partial charge in [0.15, 0.2) is 5.54 Å². The predicted molar refractivity (Wildman–Crippen MR) is 129 cm³/mol. The Bertz CT molecular complexity index is 1090. The molecule has 2 atom stereocenters. The number of amides is 4. The Balaban J connectivity index is 1.34. The fourth-order valence-electron chi connectivity index (χ4n) is 5.65. The Kier molecular flexibility index (Phi) is 6.56. The van der Waals surface area contributed by atoms with Crippen molar-refractivity contribution in [3.8, 4) is 0 Å². The number of urea groups is 1. The van der Waals surface area contributed by atoms with Gasteiger partial charge in [0.05, 0.1) is 24.8 Å². The van der Waals surface area contributed by atoms with Crippen molar-refractivity contribution in [2.24, 2.45) is 5.92 Å². The van der Waals surface area contributed by atoms with Gasteiger partial charge in [-0.15, -0.1) is 0 Å². The van der Waals surface area contributed by atoms with Crippen LogP contribution in [0.5, 0.6) is 0 Å². The van der Waals surface area contributed by atoms with Gasteiger partial charge in [0.2, 0.25) is 5.91 Å². The van der Waals surface area contributed by atoms with Gasteiger partial charge < -0.3 is 15.0 Å². The van der Waals surface area contributed by atoms with E-state index in [9.17, 15) is 14.4 Å². The van der Waals surface area contributed by atoms with E-state index in [-0.39, 0.29) is 30.4 Å². The number of piperidine rings is 1. The molecule has 3 aliphatic heterocycles. The molecule has 8 nitrogen and oxygen atoms in total. The Morgan fingerprint density at radius 1 is 1.11 bits per heavy atom. The van der Waals surface area contributed by atoms with Crippen molar-refractivity contribution >= 4 is 17.8 Å². The number of likely N-dealkylation sites (tertiary alicyclic amines) is 1. The van der Waals surface area contributed by atoms with E-state index < -0.39 is 11.6 Å². The molecule has 0 spiro atoms. The lowest BCUT2D eigenvalue weighted by Crippen LogP contribution is -2.55. The quantitative estimate of drug-likeness (QED) is 0.648. The maximum absolute atomic E-state index is 13.9. The van der Waals surface area contributed by atoms with Gasteiger partial charge in [-0.05, 0) is 55.9 Å². The third-order valence-electron chi connectivity index (χ3n) is 7.67. The average Bonchev–Trinajstić information content (AvgIpc) is 3.49. The highest BCUT2D eigenvalue weighted by Crippen LogP contribution is 2.41. The van der Waals surface area contributed by atoms with E-state index in [1.54, 1.807) is 12.3 Å². The standard InChI is InChI=1S/C27H32N4O4/c1-19-7-2-3-8-20(19)17-24(32)30-14-11-21(12-15-30)27(23-10-4-5-13-28-23)25(33)31(26(34)29-27)18-22-9-6-16-35-22/h2-5,7-8,10,13,21-22H,6,9,11-12,14-18H2,1H3,(H,29,34)/t22-,27-/m1/s1. The van der Waals surface area contributed by atoms with Crippen molar-refractivity contribution in [3.63, 3.8) is 0 Å². The van der Waals surface area contributed by atoms with E-state index in [2.05, 4.69) is 10.3 Å². The lowest BCUT2D eigenvalue weighted by atomic mass is 9.75. The second kappa shape index (κ2) is 9.77. The SMILES string of the molecule is Cc1ccccc1CC(=O)N1CCC([C@]2(c3ccccn3)NC(=O)N(C[C@H]3CCCO3)C2=O)CC1. The van der Waals surface area contributed by atoms with Crippen LogP contribution in [0.25, 0.3) is 0 Å². The van der Waals surface area contributed by atoms with Gasteiger partial charge in [0.25, 0.3) is 5.91 Å². The van der Waals surface area contributed by atoms with Crippen LogP contribution in [0.3, 0.4) is 0 Å². The highest BCUT2D eigenvalue weighted by Gasteiger charge is 2.58. The van der Waals surface area contributed by atoms with Crippen LogP contribution in [0.1, 0.15) is 42.5 Å². The average molecular weight is 477 g/mol. The Morgan fingerprint density at radius 2 is 1.89 bits per heavy atom. The summed E-state index contributed by atoms with van der Waals surface area (Å²) in [4.78, 5) is 47.6. The molecule has 0 unspecified atom stereocenters. The van der Waals surface area contributed by atoms with E-state index in [0.29, 0.717) is 44.7 Å². The zero-order chi connectivity index (χ0) is 24.4. The minimum atomic E-state index is -1.22. The molecule has 1 aromatic heterocycles. The second-order valence-corrected chi connectivity index (χ2v) is 9.76. The first-order valence-corrected chi connectivity index (χ1v) is 12.5. The summed E-state index contributed by atoms with van der Waals surface area (Å²) in [5.41, 5.74) is 1.48. The monoisotopic (exact) mass is 476 g/mol. The molecule has 35 heavy (non-hydrogen) atoms. The predicted octanol–water partition coefficient (Wildman–Crippen LogP) is 2.80. The number of hydrogen-bond donors (Lipinski definition) is 1. The number of pyridine rings is 1. The van der Waals surface area contributed by atoms with Crippen molar-refractivity contribution in [2.75, 3.05) is 26.2 Å². The number of nitrogens with zero attached hydrogens (tertiary/aromatic N) is 3. The Labute approximate surface area is 205 Å². The number of aryl methyl sites for hydroxylation is 1. The normalized spacial score (nSPS) is 25.2. The maximum atomic E-state index is 13.9. The van der Waals surface area contributed by atoms with Crippen molar-refractivity contribution in [1.29, 1.82) is 0 Å². The summed E-state index contributed by atoms with van der Waals surface area (Å²) in [6.07, 6.45) is 4.90. The first-order chi connectivity index (χ1) is 17.0. The number of carbonyl (C=O) groups excluding carboxylic acids is 3. The van der Waals surface area contributed by atoms with Crippen molar-refractivity contribution < 1.29 is 19.1 Å². The molecule has 1 aromatic carbocycles. The summed E-state index contributed by atoms with van der Waals surface area (Å²) < 4.78 is 5.69. The van der Waals surface area contributed by atoms with Crippen molar-refractivity contribution in [1.82, 2.24) is 20.1 Å². The smallest absolute Gasteiger partial charge is 0.325 e. The zero-order valence-corrected chi connectivity index (χ0v) is 20.1. The third-order valence-corrected chi connectivity index (χ3v) is 7.67. The van der Waals surface area contributed by atoms with Gasteiger partial charge in [-0.2, -0.15) is 0 Å². The van der Waals surface area contributed by atoms with Gasteiger partial charge in [-0.25, -0.2) is 4.79 Å².